The molecule has 0 spiro atoms. The number of carboxylic acids is 1. The lowest BCUT2D eigenvalue weighted by Gasteiger charge is -2.32. The van der Waals surface area contributed by atoms with Crippen molar-refractivity contribution in [3.05, 3.63) is 64.0 Å². The fraction of sp³-hybridized carbons (Fsp3) is 0.222. The first kappa shape index (κ1) is 18.0. The van der Waals surface area contributed by atoms with Crippen LogP contribution in [-0.2, 0) is 0 Å². The highest BCUT2D eigenvalue weighted by atomic mass is 35.5. The molecule has 0 radical (unpaired) electrons. The predicted molar refractivity (Wildman–Crippen MR) is 100 cm³/mol. The van der Waals surface area contributed by atoms with Crippen LogP contribution >= 0.6 is 11.6 Å². The number of nitrogens with one attached hydrogen (secondary N) is 1. The maximum absolute atomic E-state index is 14.2. The molecule has 136 valence electrons. The van der Waals surface area contributed by atoms with Crippen LogP contribution in [0.3, 0.4) is 0 Å². The number of halogens is 2. The van der Waals surface area contributed by atoms with Gasteiger partial charge in [-0.15, -0.1) is 0 Å². The highest BCUT2D eigenvalue weighted by molar-refractivity contribution is 6.31. The first-order chi connectivity index (χ1) is 12.3. The second-order valence-corrected chi connectivity index (χ2v) is 6.50. The summed E-state index contributed by atoms with van der Waals surface area (Å²) in [6, 6.07) is 4.52. The Morgan fingerprint density at radius 2 is 2.31 bits per heavy atom. The minimum atomic E-state index is -1.17. The standard InChI is InChI=1S/C18H18ClFN4O2/c1-9-13-7-12(20)5-10(16(13)23-18(21)24(9)2)8-22-15-4-3-11(19)6-14(15)17(25)26/h3-6,12,22H,1,7-8H2,2H3,(H2,21,23)(H,25,26). The van der Waals surface area contributed by atoms with Crippen molar-refractivity contribution in [2.45, 2.75) is 12.6 Å². The van der Waals surface area contributed by atoms with Gasteiger partial charge in [-0.25, -0.2) is 14.2 Å². The predicted octanol–water partition coefficient (Wildman–Crippen LogP) is 3.15. The van der Waals surface area contributed by atoms with Crippen LogP contribution in [0.5, 0.6) is 0 Å². The molecule has 4 N–H and O–H groups in total. The Bertz CT molecular complexity index is 891. The van der Waals surface area contributed by atoms with Crippen molar-refractivity contribution in [2.75, 3.05) is 18.9 Å². The molecule has 2 aliphatic rings. The van der Waals surface area contributed by atoms with Crippen molar-refractivity contribution >= 4 is 29.2 Å². The normalized spacial score (nSPS) is 19.7. The number of aliphatic imine (C=N–C) groups is 1. The van der Waals surface area contributed by atoms with Gasteiger partial charge in [0.1, 0.15) is 6.17 Å². The highest BCUT2D eigenvalue weighted by Crippen LogP contribution is 2.35. The molecule has 0 aromatic heterocycles. The number of aromatic carboxylic acids is 1. The van der Waals surface area contributed by atoms with Crippen LogP contribution in [0.15, 0.2) is 58.4 Å². The Morgan fingerprint density at radius 1 is 1.58 bits per heavy atom. The zero-order valence-electron chi connectivity index (χ0n) is 14.1. The van der Waals surface area contributed by atoms with Gasteiger partial charge in [0.25, 0.3) is 0 Å². The van der Waals surface area contributed by atoms with Crippen LogP contribution in [0.1, 0.15) is 16.8 Å². The fourth-order valence-corrected chi connectivity index (χ4v) is 3.12. The number of nitrogens with zero attached hydrogens (tertiary/aromatic N) is 2. The van der Waals surface area contributed by atoms with Crippen LogP contribution in [0, 0.1) is 0 Å². The second kappa shape index (κ2) is 6.84. The lowest BCUT2D eigenvalue weighted by molar-refractivity contribution is 0.0698. The van der Waals surface area contributed by atoms with E-state index in [1.54, 1.807) is 24.1 Å². The highest BCUT2D eigenvalue weighted by Gasteiger charge is 2.29. The van der Waals surface area contributed by atoms with Gasteiger partial charge in [-0.2, -0.15) is 0 Å². The summed E-state index contributed by atoms with van der Waals surface area (Å²) in [6.07, 6.45) is 0.479. The van der Waals surface area contributed by atoms with Crippen LogP contribution < -0.4 is 11.1 Å². The van der Waals surface area contributed by atoms with Crippen molar-refractivity contribution in [3.63, 3.8) is 0 Å². The summed E-state index contributed by atoms with van der Waals surface area (Å²) >= 11 is 5.86. The first-order valence-electron chi connectivity index (χ1n) is 7.90. The largest absolute Gasteiger partial charge is 0.478 e. The second-order valence-electron chi connectivity index (χ2n) is 6.06. The Morgan fingerprint density at radius 3 is 3.00 bits per heavy atom. The van der Waals surface area contributed by atoms with Gasteiger partial charge in [0.2, 0.25) is 5.96 Å². The maximum atomic E-state index is 14.2. The van der Waals surface area contributed by atoms with Gasteiger partial charge in [-0.05, 0) is 29.8 Å². The monoisotopic (exact) mass is 376 g/mol. The molecule has 3 rings (SSSR count). The molecule has 0 bridgehead atoms. The number of likely N-dealkylation sites (N-methyl/N-ethyl adjacent to an activating group) is 1. The molecule has 0 saturated heterocycles. The van der Waals surface area contributed by atoms with Crippen molar-refractivity contribution in [1.82, 2.24) is 4.90 Å². The number of hydrogen-bond donors (Lipinski definition) is 3. The zero-order valence-corrected chi connectivity index (χ0v) is 14.8. The number of benzene rings is 1. The van der Waals surface area contributed by atoms with Crippen LogP contribution in [0.4, 0.5) is 10.1 Å². The molecule has 1 atom stereocenters. The number of anilines is 1. The van der Waals surface area contributed by atoms with E-state index in [-0.39, 0.29) is 24.5 Å². The third kappa shape index (κ3) is 3.30. The molecule has 1 unspecified atom stereocenters. The molecule has 0 saturated carbocycles. The molecule has 6 nitrogen and oxygen atoms in total. The average molecular weight is 377 g/mol. The average Bonchev–Trinajstić information content (AvgIpc) is 2.59. The first-order valence-corrected chi connectivity index (χ1v) is 8.28. The summed E-state index contributed by atoms with van der Waals surface area (Å²) in [6.45, 7) is 4.15. The van der Waals surface area contributed by atoms with E-state index in [9.17, 15) is 14.3 Å². The number of nitrogens with two attached hydrogens (primary N) is 1. The smallest absolute Gasteiger partial charge is 0.337 e. The molecule has 26 heavy (non-hydrogen) atoms. The van der Waals surface area contributed by atoms with Crippen molar-refractivity contribution in [2.24, 2.45) is 10.7 Å². The van der Waals surface area contributed by atoms with E-state index in [0.29, 0.717) is 33.3 Å². The number of carboxylic acid groups (broad SMARTS) is 1. The molecular weight excluding hydrogens is 359 g/mol. The zero-order chi connectivity index (χ0) is 19.0. The van der Waals surface area contributed by atoms with Gasteiger partial charge >= 0.3 is 5.97 Å². The number of rotatable bonds is 4. The van der Waals surface area contributed by atoms with Crippen LogP contribution in [0.2, 0.25) is 5.02 Å². The Balaban J connectivity index is 1.90. The van der Waals surface area contributed by atoms with Gasteiger partial charge in [0, 0.05) is 42.0 Å². The molecule has 1 aliphatic heterocycles. The van der Waals surface area contributed by atoms with E-state index >= 15 is 0 Å². The van der Waals surface area contributed by atoms with Gasteiger partial charge in [-0.1, -0.05) is 18.2 Å². The Hall–Kier alpha value is -2.80. The maximum Gasteiger partial charge on any atom is 0.337 e. The number of guanidine groups is 1. The van der Waals surface area contributed by atoms with E-state index in [1.807, 2.05) is 0 Å². The molecule has 1 aromatic rings. The SMILES string of the molecule is C=C1C2=C(N=C(N)N1C)C(CNc1ccc(Cl)cc1C(=O)O)=CC(F)C2. The van der Waals surface area contributed by atoms with Crippen LogP contribution in [0.25, 0.3) is 0 Å². The Labute approximate surface area is 155 Å². The van der Waals surface area contributed by atoms with Crippen LogP contribution in [-0.4, -0.2) is 41.7 Å². The number of alkyl halides is 1. The van der Waals surface area contributed by atoms with E-state index < -0.39 is 12.1 Å². The topological polar surface area (TPSA) is 91.0 Å². The molecule has 0 amide bonds. The number of allylic oxidation sites excluding steroid dienone is 2. The van der Waals surface area contributed by atoms with Crippen molar-refractivity contribution in [3.8, 4) is 0 Å². The molecular formula is C18H18ClFN4O2. The summed E-state index contributed by atoms with van der Waals surface area (Å²) < 4.78 is 14.2. The summed E-state index contributed by atoms with van der Waals surface area (Å²) in [4.78, 5) is 17.4. The number of carbonyl (C=O) groups is 1. The third-order valence-electron chi connectivity index (χ3n) is 4.38. The third-order valence-corrected chi connectivity index (χ3v) is 4.61. The van der Waals surface area contributed by atoms with E-state index in [0.717, 1.165) is 0 Å². The minimum absolute atomic E-state index is 0.0377. The van der Waals surface area contributed by atoms with Gasteiger partial charge < -0.3 is 21.1 Å². The van der Waals surface area contributed by atoms with E-state index in [4.69, 9.17) is 17.3 Å². The molecule has 8 heteroatoms. The quantitative estimate of drug-likeness (QED) is 0.751. The summed E-state index contributed by atoms with van der Waals surface area (Å²) in [5.41, 5.74) is 8.82. The van der Waals surface area contributed by atoms with Gasteiger partial charge in [-0.3, -0.25) is 0 Å². The lowest BCUT2D eigenvalue weighted by Crippen LogP contribution is -2.38. The molecule has 1 aromatic carbocycles. The minimum Gasteiger partial charge on any atom is -0.478 e. The van der Waals surface area contributed by atoms with E-state index in [2.05, 4.69) is 16.9 Å². The van der Waals surface area contributed by atoms with Gasteiger partial charge in [0.05, 0.1) is 11.3 Å². The molecule has 1 aliphatic carbocycles. The van der Waals surface area contributed by atoms with Crippen molar-refractivity contribution in [1.29, 1.82) is 0 Å². The van der Waals surface area contributed by atoms with E-state index in [1.165, 1.54) is 12.1 Å². The molecule has 1 heterocycles. The summed E-state index contributed by atoms with van der Waals surface area (Å²) in [5, 5.41) is 12.7. The Kier molecular flexibility index (Phi) is 4.73. The fourth-order valence-electron chi connectivity index (χ4n) is 2.95. The van der Waals surface area contributed by atoms with Crippen molar-refractivity contribution < 1.29 is 14.3 Å². The number of hydrogen-bond acceptors (Lipinski definition) is 5. The summed E-state index contributed by atoms with van der Waals surface area (Å²) in [7, 11) is 1.72. The molecule has 0 fully saturated rings. The lowest BCUT2D eigenvalue weighted by atomic mass is 9.91. The van der Waals surface area contributed by atoms with Gasteiger partial charge in [0.15, 0.2) is 0 Å². The summed E-state index contributed by atoms with van der Waals surface area (Å²) in [5.74, 6) is -0.833.